The summed E-state index contributed by atoms with van der Waals surface area (Å²) in [5, 5.41) is 3.01. The number of benzene rings is 2. The highest BCUT2D eigenvalue weighted by atomic mass is 16.5. The standard InChI is InChI=1S/C21H28N2O2/c1-16-9-8-12-20(13-16)25-17(2)21(24)22-15-19(23(3)4)14-18-10-6-5-7-11-18/h5-13,17,19H,14-15H2,1-4H3,(H,22,24). The second-order valence-electron chi connectivity index (χ2n) is 6.63. The first-order valence-corrected chi connectivity index (χ1v) is 8.67. The van der Waals surface area contributed by atoms with Crippen LogP contribution >= 0.6 is 0 Å². The number of carbonyl (C=O) groups excluding carboxylic acids is 1. The molecule has 2 atom stereocenters. The lowest BCUT2D eigenvalue weighted by atomic mass is 10.1. The van der Waals surface area contributed by atoms with E-state index >= 15 is 0 Å². The Labute approximate surface area is 150 Å². The van der Waals surface area contributed by atoms with E-state index in [9.17, 15) is 4.79 Å². The van der Waals surface area contributed by atoms with Gasteiger partial charge in [0.15, 0.2) is 6.10 Å². The molecule has 0 aliphatic heterocycles. The summed E-state index contributed by atoms with van der Waals surface area (Å²) in [5.41, 5.74) is 2.38. The number of aryl methyl sites for hydroxylation is 1. The van der Waals surface area contributed by atoms with Crippen LogP contribution in [-0.4, -0.2) is 43.6 Å². The van der Waals surface area contributed by atoms with Gasteiger partial charge in [-0.3, -0.25) is 4.79 Å². The van der Waals surface area contributed by atoms with Crippen LogP contribution in [0.1, 0.15) is 18.1 Å². The van der Waals surface area contributed by atoms with E-state index in [1.54, 1.807) is 6.92 Å². The normalized spacial score (nSPS) is 13.3. The van der Waals surface area contributed by atoms with Gasteiger partial charge in [-0.15, -0.1) is 0 Å². The largest absolute Gasteiger partial charge is 0.481 e. The van der Waals surface area contributed by atoms with Crippen molar-refractivity contribution in [2.24, 2.45) is 0 Å². The van der Waals surface area contributed by atoms with Gasteiger partial charge in [-0.25, -0.2) is 0 Å². The molecule has 0 spiro atoms. The molecule has 0 saturated heterocycles. The van der Waals surface area contributed by atoms with Gasteiger partial charge in [-0.2, -0.15) is 0 Å². The van der Waals surface area contributed by atoms with E-state index in [-0.39, 0.29) is 11.9 Å². The Balaban J connectivity index is 1.87. The van der Waals surface area contributed by atoms with Crippen LogP contribution < -0.4 is 10.1 Å². The Bertz CT molecular complexity index is 671. The van der Waals surface area contributed by atoms with Crippen molar-refractivity contribution in [2.45, 2.75) is 32.4 Å². The quantitative estimate of drug-likeness (QED) is 0.803. The first-order valence-electron chi connectivity index (χ1n) is 8.67. The number of likely N-dealkylation sites (N-methyl/N-ethyl adjacent to an activating group) is 1. The van der Waals surface area contributed by atoms with Gasteiger partial charge < -0.3 is 15.0 Å². The molecule has 0 aromatic heterocycles. The fourth-order valence-electron chi connectivity index (χ4n) is 2.63. The molecule has 4 heteroatoms. The van der Waals surface area contributed by atoms with Crippen LogP contribution in [0.4, 0.5) is 0 Å². The number of hydrogen-bond donors (Lipinski definition) is 1. The fraction of sp³-hybridized carbons (Fsp3) is 0.381. The number of hydrogen-bond acceptors (Lipinski definition) is 3. The van der Waals surface area contributed by atoms with E-state index in [4.69, 9.17) is 4.74 Å². The zero-order valence-electron chi connectivity index (χ0n) is 15.5. The summed E-state index contributed by atoms with van der Waals surface area (Å²) in [6, 6.07) is 18.3. The lowest BCUT2D eigenvalue weighted by molar-refractivity contribution is -0.127. The molecule has 4 nitrogen and oxygen atoms in total. The fourth-order valence-corrected chi connectivity index (χ4v) is 2.63. The van der Waals surface area contributed by atoms with Crippen molar-refractivity contribution in [3.63, 3.8) is 0 Å². The predicted molar refractivity (Wildman–Crippen MR) is 102 cm³/mol. The Morgan fingerprint density at radius 2 is 1.84 bits per heavy atom. The first-order chi connectivity index (χ1) is 12.0. The maximum absolute atomic E-state index is 12.4. The van der Waals surface area contributed by atoms with Crippen molar-refractivity contribution in [1.29, 1.82) is 0 Å². The third-order valence-corrected chi connectivity index (χ3v) is 4.23. The molecule has 0 aliphatic rings. The van der Waals surface area contributed by atoms with Crippen LogP contribution in [0.5, 0.6) is 5.75 Å². The van der Waals surface area contributed by atoms with Gasteiger partial charge in [0.05, 0.1) is 0 Å². The SMILES string of the molecule is Cc1cccc(OC(C)C(=O)NCC(Cc2ccccc2)N(C)C)c1. The first kappa shape index (κ1) is 19.0. The molecule has 1 amide bonds. The molecular formula is C21H28N2O2. The zero-order chi connectivity index (χ0) is 18.2. The van der Waals surface area contributed by atoms with Gasteiger partial charge in [-0.1, -0.05) is 42.5 Å². The minimum Gasteiger partial charge on any atom is -0.481 e. The summed E-state index contributed by atoms with van der Waals surface area (Å²) >= 11 is 0. The number of rotatable bonds is 8. The third kappa shape index (κ3) is 6.24. The van der Waals surface area contributed by atoms with Crippen molar-refractivity contribution < 1.29 is 9.53 Å². The van der Waals surface area contributed by atoms with E-state index < -0.39 is 6.10 Å². The average Bonchev–Trinajstić information content (AvgIpc) is 2.59. The highest BCUT2D eigenvalue weighted by molar-refractivity contribution is 5.80. The molecule has 0 heterocycles. The second-order valence-corrected chi connectivity index (χ2v) is 6.63. The van der Waals surface area contributed by atoms with Crippen molar-refractivity contribution in [3.8, 4) is 5.75 Å². The maximum atomic E-state index is 12.4. The second kappa shape index (κ2) is 9.23. The molecule has 134 valence electrons. The molecule has 0 radical (unpaired) electrons. The summed E-state index contributed by atoms with van der Waals surface area (Å²) in [4.78, 5) is 14.5. The van der Waals surface area contributed by atoms with Gasteiger partial charge >= 0.3 is 0 Å². The molecule has 0 aliphatic carbocycles. The van der Waals surface area contributed by atoms with E-state index in [0.29, 0.717) is 6.54 Å². The predicted octanol–water partition coefficient (Wildman–Crippen LogP) is 3.05. The molecule has 2 aromatic carbocycles. The van der Waals surface area contributed by atoms with Gasteiger partial charge in [0.2, 0.25) is 0 Å². The van der Waals surface area contributed by atoms with Crippen LogP contribution in [-0.2, 0) is 11.2 Å². The Morgan fingerprint density at radius 3 is 2.48 bits per heavy atom. The summed E-state index contributed by atoms with van der Waals surface area (Å²) in [6.45, 7) is 4.37. The minimum atomic E-state index is -0.527. The summed E-state index contributed by atoms with van der Waals surface area (Å²) in [6.07, 6.45) is 0.364. The van der Waals surface area contributed by atoms with E-state index in [2.05, 4.69) is 22.3 Å². The van der Waals surface area contributed by atoms with E-state index in [1.807, 2.05) is 63.5 Å². The lowest BCUT2D eigenvalue weighted by Gasteiger charge is -2.25. The molecule has 2 rings (SSSR count). The third-order valence-electron chi connectivity index (χ3n) is 4.23. The Kier molecular flexibility index (Phi) is 7.02. The summed E-state index contributed by atoms with van der Waals surface area (Å²) < 4.78 is 5.74. The van der Waals surface area contributed by atoms with Gasteiger partial charge in [0, 0.05) is 12.6 Å². The maximum Gasteiger partial charge on any atom is 0.260 e. The summed E-state index contributed by atoms with van der Waals surface area (Å²) in [7, 11) is 4.07. The average molecular weight is 340 g/mol. The van der Waals surface area contributed by atoms with Crippen LogP contribution in [0.25, 0.3) is 0 Å². The smallest absolute Gasteiger partial charge is 0.260 e. The lowest BCUT2D eigenvalue weighted by Crippen LogP contribution is -2.45. The molecule has 0 fully saturated rings. The highest BCUT2D eigenvalue weighted by Gasteiger charge is 2.18. The molecule has 2 aromatic rings. The van der Waals surface area contributed by atoms with Gasteiger partial charge in [0.25, 0.3) is 5.91 Å². The molecule has 25 heavy (non-hydrogen) atoms. The van der Waals surface area contributed by atoms with Gasteiger partial charge in [-0.05, 0) is 57.6 Å². The molecule has 0 saturated carbocycles. The summed E-state index contributed by atoms with van der Waals surface area (Å²) in [5.74, 6) is 0.623. The molecular weight excluding hydrogens is 312 g/mol. The Morgan fingerprint density at radius 1 is 1.12 bits per heavy atom. The van der Waals surface area contributed by atoms with Crippen LogP contribution in [0, 0.1) is 6.92 Å². The Hall–Kier alpha value is -2.33. The van der Waals surface area contributed by atoms with Crippen molar-refractivity contribution in [2.75, 3.05) is 20.6 Å². The number of nitrogens with zero attached hydrogens (tertiary/aromatic N) is 1. The van der Waals surface area contributed by atoms with E-state index in [1.165, 1.54) is 5.56 Å². The van der Waals surface area contributed by atoms with Crippen LogP contribution in [0.15, 0.2) is 54.6 Å². The monoisotopic (exact) mass is 340 g/mol. The van der Waals surface area contributed by atoms with Gasteiger partial charge in [0.1, 0.15) is 5.75 Å². The van der Waals surface area contributed by atoms with Crippen LogP contribution in [0.3, 0.4) is 0 Å². The molecule has 1 N–H and O–H groups in total. The van der Waals surface area contributed by atoms with Crippen LogP contribution in [0.2, 0.25) is 0 Å². The molecule has 0 bridgehead atoms. The minimum absolute atomic E-state index is 0.0959. The molecule has 2 unspecified atom stereocenters. The number of carbonyl (C=O) groups is 1. The number of ether oxygens (including phenoxy) is 1. The highest BCUT2D eigenvalue weighted by Crippen LogP contribution is 2.14. The van der Waals surface area contributed by atoms with E-state index in [0.717, 1.165) is 17.7 Å². The number of nitrogens with one attached hydrogen (secondary N) is 1. The zero-order valence-corrected chi connectivity index (χ0v) is 15.5. The van der Waals surface area contributed by atoms with Crippen molar-refractivity contribution >= 4 is 5.91 Å². The topological polar surface area (TPSA) is 41.6 Å². The number of amides is 1. The van der Waals surface area contributed by atoms with Crippen molar-refractivity contribution in [1.82, 2.24) is 10.2 Å². The van der Waals surface area contributed by atoms with Crippen molar-refractivity contribution in [3.05, 3.63) is 65.7 Å².